The zero-order valence-corrected chi connectivity index (χ0v) is 11.7. The third-order valence-corrected chi connectivity index (χ3v) is 5.10. The molecular weight excluding hydrogens is 270 g/mol. The van der Waals surface area contributed by atoms with Crippen LogP contribution in [0.2, 0.25) is 0 Å². The Hall–Kier alpha value is -0.990. The quantitative estimate of drug-likeness (QED) is 0.656. The van der Waals surface area contributed by atoms with E-state index < -0.39 is 22.0 Å². The first-order chi connectivity index (χ1) is 8.79. The Morgan fingerprint density at radius 2 is 2.00 bits per heavy atom. The topological polar surface area (TPSA) is 101 Å². The number of hydrogen-bond donors (Lipinski definition) is 1. The van der Waals surface area contributed by atoms with Crippen molar-refractivity contribution >= 4 is 21.7 Å². The number of fused-ring (bicyclic) bond motifs is 3. The van der Waals surface area contributed by atoms with Crippen LogP contribution < -0.4 is 5.73 Å². The van der Waals surface area contributed by atoms with E-state index in [1.54, 1.807) is 0 Å². The molecule has 7 nitrogen and oxygen atoms in total. The average molecular weight is 289 g/mol. The Morgan fingerprint density at radius 1 is 1.42 bits per heavy atom. The lowest BCUT2D eigenvalue weighted by Crippen LogP contribution is -2.60. The van der Waals surface area contributed by atoms with Crippen molar-refractivity contribution in [2.45, 2.75) is 18.9 Å². The van der Waals surface area contributed by atoms with Gasteiger partial charge in [0.2, 0.25) is 15.9 Å². The second kappa shape index (κ2) is 5.18. The van der Waals surface area contributed by atoms with Gasteiger partial charge < -0.3 is 5.73 Å². The molecule has 2 bridgehead atoms. The number of carbonyl (C=O) groups is 2. The van der Waals surface area contributed by atoms with Gasteiger partial charge >= 0.3 is 0 Å². The summed E-state index contributed by atoms with van der Waals surface area (Å²) in [5, 5.41) is 0. The molecule has 19 heavy (non-hydrogen) atoms. The summed E-state index contributed by atoms with van der Waals surface area (Å²) in [5.74, 6) is -0.575. The number of nitrogens with two attached hydrogens (primary N) is 1. The first kappa shape index (κ1) is 14.4. The van der Waals surface area contributed by atoms with Crippen LogP contribution in [0.5, 0.6) is 0 Å². The van der Waals surface area contributed by atoms with Crippen LogP contribution in [0, 0.1) is 5.92 Å². The van der Waals surface area contributed by atoms with Gasteiger partial charge in [0.15, 0.2) is 5.78 Å². The Kier molecular flexibility index (Phi) is 3.93. The molecule has 3 heterocycles. The number of Topliss-reactive ketones (excluding diaryl/α,β-unsaturated/α-hetero) is 1. The second-order valence-corrected chi connectivity index (χ2v) is 7.23. The van der Waals surface area contributed by atoms with E-state index >= 15 is 0 Å². The van der Waals surface area contributed by atoms with Crippen molar-refractivity contribution < 1.29 is 18.0 Å². The number of amides is 1. The Labute approximate surface area is 112 Å². The fourth-order valence-electron chi connectivity index (χ4n) is 2.84. The maximum absolute atomic E-state index is 12.2. The van der Waals surface area contributed by atoms with Crippen LogP contribution in [0.15, 0.2) is 0 Å². The van der Waals surface area contributed by atoms with Crippen molar-refractivity contribution in [3.63, 3.8) is 0 Å². The molecule has 3 aliphatic rings. The molecule has 2 N–H and O–H groups in total. The normalized spacial score (nSPS) is 30.8. The van der Waals surface area contributed by atoms with Crippen LogP contribution in [0.1, 0.15) is 12.8 Å². The van der Waals surface area contributed by atoms with Gasteiger partial charge in [-0.1, -0.05) is 0 Å². The third-order valence-electron chi connectivity index (χ3n) is 3.88. The van der Waals surface area contributed by atoms with Crippen molar-refractivity contribution in [2.75, 3.05) is 32.4 Å². The molecule has 0 aliphatic carbocycles. The highest BCUT2D eigenvalue weighted by Crippen LogP contribution is 2.29. The van der Waals surface area contributed by atoms with Crippen molar-refractivity contribution in [1.29, 1.82) is 0 Å². The fourth-order valence-corrected chi connectivity index (χ4v) is 3.61. The first-order valence-corrected chi connectivity index (χ1v) is 8.15. The monoisotopic (exact) mass is 289 g/mol. The minimum Gasteiger partial charge on any atom is -0.369 e. The fraction of sp³-hybridized carbons (Fsp3) is 0.818. The average Bonchev–Trinajstić information content (AvgIpc) is 2.31. The molecule has 3 aliphatic heterocycles. The molecule has 0 aromatic rings. The molecule has 1 atom stereocenters. The van der Waals surface area contributed by atoms with E-state index in [0.717, 1.165) is 36.5 Å². The molecule has 0 aromatic carbocycles. The molecule has 0 spiro atoms. The molecule has 8 heteroatoms. The van der Waals surface area contributed by atoms with Crippen LogP contribution in [0.3, 0.4) is 0 Å². The SMILES string of the molecule is CS(=O)(=O)N(CC(N)=O)CC1C(=O)C2CCN1CC2. The number of carbonyl (C=O) groups excluding carboxylic acids is 2. The van der Waals surface area contributed by atoms with Gasteiger partial charge in [-0.2, -0.15) is 4.31 Å². The van der Waals surface area contributed by atoms with Crippen LogP contribution in [0.4, 0.5) is 0 Å². The molecule has 1 amide bonds. The van der Waals surface area contributed by atoms with Crippen molar-refractivity contribution in [3.8, 4) is 0 Å². The predicted molar refractivity (Wildman–Crippen MR) is 68.7 cm³/mol. The summed E-state index contributed by atoms with van der Waals surface area (Å²) in [6, 6.07) is -0.429. The summed E-state index contributed by atoms with van der Waals surface area (Å²) in [6.07, 6.45) is 2.73. The van der Waals surface area contributed by atoms with Gasteiger partial charge in [0.1, 0.15) is 0 Å². The van der Waals surface area contributed by atoms with Crippen molar-refractivity contribution in [3.05, 3.63) is 0 Å². The highest BCUT2D eigenvalue weighted by Gasteiger charge is 2.42. The second-order valence-electron chi connectivity index (χ2n) is 5.25. The van der Waals surface area contributed by atoms with E-state index in [1.165, 1.54) is 0 Å². The lowest BCUT2D eigenvalue weighted by atomic mass is 9.82. The summed E-state index contributed by atoms with van der Waals surface area (Å²) in [7, 11) is -3.55. The van der Waals surface area contributed by atoms with Crippen molar-refractivity contribution in [1.82, 2.24) is 9.21 Å². The van der Waals surface area contributed by atoms with E-state index in [-0.39, 0.29) is 24.8 Å². The maximum Gasteiger partial charge on any atom is 0.232 e. The Balaban J connectivity index is 2.13. The molecule has 0 radical (unpaired) electrons. The van der Waals surface area contributed by atoms with Gasteiger partial charge in [-0.05, 0) is 25.9 Å². The Bertz CT molecular complexity index is 482. The van der Waals surface area contributed by atoms with Crippen molar-refractivity contribution in [2.24, 2.45) is 11.7 Å². The lowest BCUT2D eigenvalue weighted by molar-refractivity contribution is -0.137. The van der Waals surface area contributed by atoms with E-state index in [2.05, 4.69) is 0 Å². The number of piperidine rings is 3. The van der Waals surface area contributed by atoms with Crippen LogP contribution in [-0.2, 0) is 19.6 Å². The van der Waals surface area contributed by atoms with Gasteiger partial charge in [0.05, 0.1) is 18.8 Å². The molecular formula is C11H19N3O4S. The summed E-state index contributed by atoms with van der Waals surface area (Å²) >= 11 is 0. The number of rotatable bonds is 5. The molecule has 0 aromatic heterocycles. The largest absolute Gasteiger partial charge is 0.369 e. The van der Waals surface area contributed by atoms with Gasteiger partial charge in [-0.15, -0.1) is 0 Å². The van der Waals surface area contributed by atoms with E-state index in [4.69, 9.17) is 5.73 Å². The minimum atomic E-state index is -3.55. The summed E-state index contributed by atoms with van der Waals surface area (Å²) in [6.45, 7) is 1.28. The van der Waals surface area contributed by atoms with E-state index in [0.29, 0.717) is 0 Å². The molecule has 3 fully saturated rings. The zero-order chi connectivity index (χ0) is 14.2. The van der Waals surface area contributed by atoms with E-state index in [1.807, 2.05) is 4.90 Å². The third kappa shape index (κ3) is 3.13. The van der Waals surface area contributed by atoms with Crippen LogP contribution in [-0.4, -0.2) is 67.8 Å². The highest BCUT2D eigenvalue weighted by molar-refractivity contribution is 7.88. The van der Waals surface area contributed by atoms with Gasteiger partial charge in [-0.3, -0.25) is 14.5 Å². The summed E-state index contributed by atoms with van der Waals surface area (Å²) < 4.78 is 24.3. The standard InChI is InChI=1S/C11H19N3O4S/c1-19(17,18)14(7-10(12)15)6-9-11(16)8-2-4-13(9)5-3-8/h8-9H,2-7H2,1H3,(H2,12,15). The van der Waals surface area contributed by atoms with Crippen LogP contribution in [0.25, 0.3) is 0 Å². The Morgan fingerprint density at radius 3 is 2.42 bits per heavy atom. The number of sulfonamides is 1. The molecule has 108 valence electrons. The molecule has 1 unspecified atom stereocenters. The van der Waals surface area contributed by atoms with Gasteiger partial charge in [-0.25, -0.2) is 8.42 Å². The first-order valence-electron chi connectivity index (χ1n) is 6.30. The molecule has 3 rings (SSSR count). The number of hydrogen-bond acceptors (Lipinski definition) is 5. The predicted octanol–water partition coefficient (Wildman–Crippen LogP) is -1.60. The number of primary amides is 1. The zero-order valence-electron chi connectivity index (χ0n) is 10.9. The smallest absolute Gasteiger partial charge is 0.232 e. The summed E-state index contributed by atoms with van der Waals surface area (Å²) in [5.41, 5.74) is 5.06. The minimum absolute atomic E-state index is 0.0249. The highest BCUT2D eigenvalue weighted by atomic mass is 32.2. The lowest BCUT2D eigenvalue weighted by Gasteiger charge is -2.45. The molecule has 0 saturated carbocycles. The maximum atomic E-state index is 12.2. The number of nitrogens with zero attached hydrogens (tertiary/aromatic N) is 2. The summed E-state index contributed by atoms with van der Waals surface area (Å²) in [4.78, 5) is 25.1. The van der Waals surface area contributed by atoms with Gasteiger partial charge in [0, 0.05) is 12.5 Å². The number of ketones is 1. The van der Waals surface area contributed by atoms with Gasteiger partial charge in [0.25, 0.3) is 0 Å². The molecule has 3 saturated heterocycles. The van der Waals surface area contributed by atoms with Crippen LogP contribution >= 0.6 is 0 Å². The van der Waals surface area contributed by atoms with E-state index in [9.17, 15) is 18.0 Å².